The van der Waals surface area contributed by atoms with E-state index in [1.165, 1.54) is 11.4 Å². The first kappa shape index (κ1) is 25.9. The third kappa shape index (κ3) is 5.16. The zero-order chi connectivity index (χ0) is 25.9. The van der Waals surface area contributed by atoms with E-state index in [1.807, 2.05) is 31.2 Å². The average molecular weight is 513 g/mol. The molecule has 0 aliphatic carbocycles. The Labute approximate surface area is 211 Å². The number of methoxy groups -OCH3 is 1. The Balaban J connectivity index is 1.71. The van der Waals surface area contributed by atoms with Crippen LogP contribution < -0.4 is 11.1 Å². The Morgan fingerprint density at radius 2 is 1.89 bits per heavy atom. The van der Waals surface area contributed by atoms with Crippen LogP contribution in [0.15, 0.2) is 53.4 Å². The lowest BCUT2D eigenvalue weighted by Crippen LogP contribution is -2.55. The highest BCUT2D eigenvalue weighted by Crippen LogP contribution is 2.33. The van der Waals surface area contributed by atoms with Crippen LogP contribution in [0.1, 0.15) is 36.1 Å². The molecular formula is C26H32N4O5S. The molecule has 1 aliphatic rings. The summed E-state index contributed by atoms with van der Waals surface area (Å²) in [6, 6.07) is 12.3. The van der Waals surface area contributed by atoms with Crippen molar-refractivity contribution in [2.75, 3.05) is 13.7 Å². The van der Waals surface area contributed by atoms with Crippen molar-refractivity contribution in [2.24, 2.45) is 5.73 Å². The third-order valence-electron chi connectivity index (χ3n) is 6.64. The van der Waals surface area contributed by atoms with Gasteiger partial charge in [0.2, 0.25) is 15.9 Å². The van der Waals surface area contributed by atoms with Crippen molar-refractivity contribution in [1.82, 2.24) is 14.6 Å². The van der Waals surface area contributed by atoms with Gasteiger partial charge in [0.15, 0.2) is 0 Å². The molecule has 1 aromatic heterocycles. The Morgan fingerprint density at radius 1 is 1.17 bits per heavy atom. The molecule has 0 spiro atoms. The summed E-state index contributed by atoms with van der Waals surface area (Å²) < 4.78 is 33.6. The fraction of sp³-hybridized carbons (Fsp3) is 0.385. The molecule has 2 heterocycles. The molecule has 36 heavy (non-hydrogen) atoms. The normalized spacial score (nSPS) is 16.9. The molecule has 2 aromatic carbocycles. The lowest BCUT2D eigenvalue weighted by atomic mass is 9.97. The minimum atomic E-state index is -4.02. The van der Waals surface area contributed by atoms with Crippen LogP contribution in [0.3, 0.4) is 0 Å². The second-order valence-electron chi connectivity index (χ2n) is 9.08. The van der Waals surface area contributed by atoms with E-state index < -0.39 is 34.0 Å². The molecule has 0 saturated heterocycles. The summed E-state index contributed by atoms with van der Waals surface area (Å²) in [5, 5.41) is 3.71. The largest absolute Gasteiger partial charge is 0.467 e. The molecule has 9 nitrogen and oxygen atoms in total. The summed E-state index contributed by atoms with van der Waals surface area (Å²) in [4.78, 5) is 29.4. The number of rotatable bonds is 9. The first-order valence-corrected chi connectivity index (χ1v) is 13.5. The number of nitrogens with one attached hydrogen (secondary N) is 2. The number of hydrogen-bond acceptors (Lipinski definition) is 6. The highest BCUT2D eigenvalue weighted by Gasteiger charge is 2.42. The smallest absolute Gasteiger partial charge is 0.328 e. The minimum absolute atomic E-state index is 0.00831. The molecule has 2 unspecified atom stereocenters. The van der Waals surface area contributed by atoms with Gasteiger partial charge in [0.25, 0.3) is 0 Å². The van der Waals surface area contributed by atoms with Gasteiger partial charge in [-0.15, -0.1) is 0 Å². The van der Waals surface area contributed by atoms with Gasteiger partial charge >= 0.3 is 5.97 Å². The van der Waals surface area contributed by atoms with E-state index in [-0.39, 0.29) is 17.9 Å². The Hall–Kier alpha value is -3.21. The number of benzene rings is 2. The second kappa shape index (κ2) is 10.8. The summed E-state index contributed by atoms with van der Waals surface area (Å²) in [5.41, 5.74) is 9.04. The number of carbonyl (C=O) groups excluding carboxylic acids is 2. The van der Waals surface area contributed by atoms with Gasteiger partial charge in [-0.1, -0.05) is 35.9 Å². The molecule has 0 fully saturated rings. The Bertz CT molecular complexity index is 1350. The summed E-state index contributed by atoms with van der Waals surface area (Å²) in [6.45, 7) is 2.35. The molecule has 3 aromatic rings. The number of H-pyrrole nitrogens is 1. The van der Waals surface area contributed by atoms with Gasteiger partial charge in [0.05, 0.1) is 18.6 Å². The predicted octanol–water partition coefficient (Wildman–Crippen LogP) is 2.38. The van der Waals surface area contributed by atoms with Crippen LogP contribution in [0.2, 0.25) is 0 Å². The molecule has 192 valence electrons. The van der Waals surface area contributed by atoms with Crippen LogP contribution in [0.5, 0.6) is 0 Å². The fourth-order valence-electron chi connectivity index (χ4n) is 4.66. The molecule has 10 heteroatoms. The lowest BCUT2D eigenvalue weighted by Gasteiger charge is -2.34. The number of nitrogens with two attached hydrogens (primary N) is 1. The van der Waals surface area contributed by atoms with E-state index >= 15 is 0 Å². The van der Waals surface area contributed by atoms with Crippen molar-refractivity contribution in [3.05, 3.63) is 65.4 Å². The fourth-order valence-corrected chi connectivity index (χ4v) is 6.21. The van der Waals surface area contributed by atoms with Crippen molar-refractivity contribution in [3.8, 4) is 0 Å². The Kier molecular flexibility index (Phi) is 7.77. The van der Waals surface area contributed by atoms with Gasteiger partial charge in [-0.3, -0.25) is 4.79 Å². The quantitative estimate of drug-likeness (QED) is 0.298. The monoisotopic (exact) mass is 512 g/mol. The number of para-hydroxylation sites is 1. The van der Waals surface area contributed by atoms with Crippen molar-refractivity contribution in [3.63, 3.8) is 0 Å². The highest BCUT2D eigenvalue weighted by molar-refractivity contribution is 7.89. The summed E-state index contributed by atoms with van der Waals surface area (Å²) in [6.07, 6.45) is 1.84. The van der Waals surface area contributed by atoms with Gasteiger partial charge in [-0.05, 0) is 56.5 Å². The van der Waals surface area contributed by atoms with Crippen molar-refractivity contribution >= 4 is 32.8 Å². The van der Waals surface area contributed by atoms with Gasteiger partial charge in [-0.25, -0.2) is 13.2 Å². The summed E-state index contributed by atoms with van der Waals surface area (Å²) in [7, 11) is -2.75. The molecule has 0 radical (unpaired) electrons. The van der Waals surface area contributed by atoms with Crippen molar-refractivity contribution < 1.29 is 22.7 Å². The highest BCUT2D eigenvalue weighted by atomic mass is 32.2. The molecule has 0 saturated carbocycles. The number of aromatic nitrogens is 1. The zero-order valence-electron chi connectivity index (χ0n) is 20.5. The molecule has 2 atom stereocenters. The summed E-state index contributed by atoms with van der Waals surface area (Å²) >= 11 is 0. The SMILES string of the molecule is COC(=O)C(CCCCN)NC(=O)C1Cc2c([nH]c3ccccc23)CN1S(=O)(=O)c1ccc(C)cc1. The van der Waals surface area contributed by atoms with Crippen LogP contribution >= 0.6 is 0 Å². The maximum atomic E-state index is 13.8. The predicted molar refractivity (Wildman–Crippen MR) is 137 cm³/mol. The lowest BCUT2D eigenvalue weighted by molar-refractivity contribution is -0.145. The first-order valence-electron chi connectivity index (χ1n) is 12.0. The van der Waals surface area contributed by atoms with Crippen LogP contribution in [-0.4, -0.2) is 55.3 Å². The van der Waals surface area contributed by atoms with Crippen LogP contribution in [0.25, 0.3) is 10.9 Å². The van der Waals surface area contributed by atoms with E-state index in [2.05, 4.69) is 10.3 Å². The maximum Gasteiger partial charge on any atom is 0.328 e. The van der Waals surface area contributed by atoms with Gasteiger partial charge < -0.3 is 20.8 Å². The van der Waals surface area contributed by atoms with E-state index in [0.29, 0.717) is 25.8 Å². The number of fused-ring (bicyclic) bond motifs is 3. The van der Waals surface area contributed by atoms with Crippen LogP contribution in [-0.2, 0) is 37.3 Å². The number of amides is 1. The zero-order valence-corrected chi connectivity index (χ0v) is 21.3. The molecular weight excluding hydrogens is 480 g/mol. The molecule has 4 rings (SSSR count). The molecule has 1 amide bonds. The second-order valence-corrected chi connectivity index (χ2v) is 11.0. The number of aryl methyl sites for hydroxylation is 1. The van der Waals surface area contributed by atoms with E-state index in [1.54, 1.807) is 24.3 Å². The first-order chi connectivity index (χ1) is 17.3. The van der Waals surface area contributed by atoms with Crippen molar-refractivity contribution in [1.29, 1.82) is 0 Å². The van der Waals surface area contributed by atoms with Gasteiger partial charge in [0, 0.05) is 23.0 Å². The number of hydrogen-bond donors (Lipinski definition) is 3. The molecule has 0 bridgehead atoms. The van der Waals surface area contributed by atoms with Gasteiger partial charge in [-0.2, -0.15) is 4.31 Å². The minimum Gasteiger partial charge on any atom is -0.467 e. The van der Waals surface area contributed by atoms with Gasteiger partial charge in [0.1, 0.15) is 12.1 Å². The Morgan fingerprint density at radius 3 is 2.58 bits per heavy atom. The number of ether oxygens (including phenoxy) is 1. The van der Waals surface area contributed by atoms with Crippen molar-refractivity contribution in [2.45, 2.75) is 56.1 Å². The van der Waals surface area contributed by atoms with E-state index in [0.717, 1.165) is 27.7 Å². The number of esters is 1. The van der Waals surface area contributed by atoms with Crippen LogP contribution in [0, 0.1) is 6.92 Å². The van der Waals surface area contributed by atoms with E-state index in [4.69, 9.17) is 10.5 Å². The number of aromatic amines is 1. The standard InChI is InChI=1S/C26H32N4O5S/c1-17-10-12-18(13-11-17)36(33,34)30-16-23-20(19-7-3-4-8-21(19)28-23)15-24(30)25(31)29-22(26(32)35-2)9-5-6-14-27/h3-4,7-8,10-13,22,24,28H,5-6,9,14-16,27H2,1-2H3,(H,29,31). The molecule has 1 aliphatic heterocycles. The van der Waals surface area contributed by atoms with Crippen LogP contribution in [0.4, 0.5) is 0 Å². The topological polar surface area (TPSA) is 135 Å². The number of unbranched alkanes of at least 4 members (excludes halogenated alkanes) is 1. The molecule has 4 N–H and O–H groups in total. The number of nitrogens with zero attached hydrogens (tertiary/aromatic N) is 1. The van der Waals surface area contributed by atoms with E-state index in [9.17, 15) is 18.0 Å². The number of sulfonamides is 1. The summed E-state index contributed by atoms with van der Waals surface area (Å²) in [5.74, 6) is -1.11. The third-order valence-corrected chi connectivity index (χ3v) is 8.51. The number of carbonyl (C=O) groups is 2. The average Bonchev–Trinajstić information content (AvgIpc) is 3.25. The maximum absolute atomic E-state index is 13.8.